The summed E-state index contributed by atoms with van der Waals surface area (Å²) in [6, 6.07) is 7.50. The van der Waals surface area contributed by atoms with E-state index in [4.69, 9.17) is 23.7 Å². The van der Waals surface area contributed by atoms with Crippen molar-refractivity contribution in [3.05, 3.63) is 36.0 Å². The van der Waals surface area contributed by atoms with Gasteiger partial charge >= 0.3 is 11.9 Å². The van der Waals surface area contributed by atoms with Gasteiger partial charge in [0, 0.05) is 17.6 Å². The number of hydrogen-bond donors (Lipinski definition) is 1. The number of ether oxygens (including phenoxy) is 5. The molecule has 0 aromatic heterocycles. The van der Waals surface area contributed by atoms with Crippen LogP contribution in [0.15, 0.2) is 40.9 Å². The lowest BCUT2D eigenvalue weighted by molar-refractivity contribution is -0.152. The quantitative estimate of drug-likeness (QED) is 0.257. The Morgan fingerprint density at radius 1 is 1.12 bits per heavy atom. The van der Waals surface area contributed by atoms with Crippen LogP contribution >= 0.6 is 11.8 Å². The minimum Gasteiger partial charge on any atom is -0.497 e. The van der Waals surface area contributed by atoms with Crippen LogP contribution < -0.4 is 4.74 Å². The van der Waals surface area contributed by atoms with E-state index in [2.05, 4.69) is 0 Å². The third kappa shape index (κ3) is 6.00. The van der Waals surface area contributed by atoms with E-state index in [1.807, 2.05) is 24.3 Å². The summed E-state index contributed by atoms with van der Waals surface area (Å²) >= 11 is 1.47. The Morgan fingerprint density at radius 2 is 1.70 bits per heavy atom. The molecular weight excluding hydrogens is 450 g/mol. The molecule has 0 unspecified atom stereocenters. The van der Waals surface area contributed by atoms with Gasteiger partial charge in [-0.1, -0.05) is 11.8 Å². The first-order valence-electron chi connectivity index (χ1n) is 10.8. The van der Waals surface area contributed by atoms with E-state index in [1.54, 1.807) is 39.7 Å². The Kier molecular flexibility index (Phi) is 8.28. The Morgan fingerprint density at radius 3 is 2.24 bits per heavy atom. The molecule has 182 valence electrons. The molecule has 1 aromatic rings. The number of aliphatic hydroxyl groups excluding tert-OH is 1. The van der Waals surface area contributed by atoms with Crippen LogP contribution in [0, 0.1) is 0 Å². The lowest BCUT2D eigenvalue weighted by atomic mass is 10.0. The Labute approximate surface area is 198 Å². The zero-order valence-electron chi connectivity index (χ0n) is 19.5. The third-order valence-corrected chi connectivity index (χ3v) is 6.48. The van der Waals surface area contributed by atoms with Gasteiger partial charge in [0.15, 0.2) is 11.4 Å². The largest absolute Gasteiger partial charge is 0.497 e. The fraction of sp³-hybridized carbons (Fsp3) is 0.565. The fourth-order valence-electron chi connectivity index (χ4n) is 3.77. The average Bonchev–Trinajstić information content (AvgIpc) is 3.11. The van der Waals surface area contributed by atoms with Gasteiger partial charge in [-0.2, -0.15) is 0 Å². The lowest BCUT2D eigenvalue weighted by Crippen LogP contribution is -2.57. The van der Waals surface area contributed by atoms with Crippen LogP contribution in [0.4, 0.5) is 0 Å². The molecular formula is C23H31NO8S. The number of benzene rings is 1. The summed E-state index contributed by atoms with van der Waals surface area (Å²) in [5.41, 5.74) is -0.247. The zero-order chi connectivity index (χ0) is 24.2. The van der Waals surface area contributed by atoms with E-state index < -0.39 is 41.4 Å². The topological polar surface area (TPSA) is 104 Å². The van der Waals surface area contributed by atoms with Crippen molar-refractivity contribution in [2.45, 2.75) is 62.1 Å². The molecule has 0 radical (unpaired) electrons. The number of β-amino-alcohol motifs (C(OH)–C–C–N with tert-alkyl or cyclic N) is 1. The Hall–Kier alpha value is -2.27. The number of methoxy groups -OCH3 is 1. The molecule has 10 heteroatoms. The number of thioether (sulfide) groups is 1. The number of esters is 2. The molecule has 0 spiro atoms. The van der Waals surface area contributed by atoms with Crippen molar-refractivity contribution < 1.29 is 38.4 Å². The Balaban J connectivity index is 1.98. The lowest BCUT2D eigenvalue weighted by Gasteiger charge is -2.42. The molecule has 0 bridgehead atoms. The minimum absolute atomic E-state index is 0.109. The number of rotatable bonds is 8. The molecule has 2 heterocycles. The van der Waals surface area contributed by atoms with E-state index >= 15 is 0 Å². The molecule has 33 heavy (non-hydrogen) atoms. The summed E-state index contributed by atoms with van der Waals surface area (Å²) in [4.78, 5) is 27.7. The van der Waals surface area contributed by atoms with E-state index in [0.717, 1.165) is 10.6 Å². The minimum atomic E-state index is -0.897. The van der Waals surface area contributed by atoms with Gasteiger partial charge in [-0.15, -0.1) is 0 Å². The molecule has 2 saturated heterocycles. The summed E-state index contributed by atoms with van der Waals surface area (Å²) in [5.74, 6) is -1.74. The highest BCUT2D eigenvalue weighted by molar-refractivity contribution is 8.00. The highest BCUT2D eigenvalue weighted by Crippen LogP contribution is 2.42. The van der Waals surface area contributed by atoms with Crippen LogP contribution in [0.3, 0.4) is 0 Å². The molecule has 2 aliphatic heterocycles. The molecule has 0 saturated carbocycles. The number of likely N-dealkylation sites (tertiary alicyclic amines) is 1. The molecule has 9 nitrogen and oxygen atoms in total. The molecule has 2 fully saturated rings. The molecule has 3 rings (SSSR count). The predicted molar refractivity (Wildman–Crippen MR) is 121 cm³/mol. The molecule has 0 amide bonds. The number of aliphatic hydroxyl groups is 1. The van der Waals surface area contributed by atoms with E-state index in [0.29, 0.717) is 0 Å². The summed E-state index contributed by atoms with van der Waals surface area (Å²) in [5, 5.41) is 10.4. The number of carbonyl (C=O) groups is 2. The smallest absolute Gasteiger partial charge is 0.347 e. The Bertz CT molecular complexity index is 852. The second-order valence-electron chi connectivity index (χ2n) is 8.00. The summed E-state index contributed by atoms with van der Waals surface area (Å²) in [7, 11) is 1.60. The van der Waals surface area contributed by atoms with E-state index in [1.165, 1.54) is 18.0 Å². The first kappa shape index (κ1) is 25.4. The van der Waals surface area contributed by atoms with Crippen LogP contribution in [0.2, 0.25) is 0 Å². The van der Waals surface area contributed by atoms with Crippen molar-refractivity contribution in [3.8, 4) is 5.75 Å². The number of hydrogen-bond acceptors (Lipinski definition) is 10. The number of nitrogens with zero attached hydrogens (tertiary/aromatic N) is 1. The van der Waals surface area contributed by atoms with Gasteiger partial charge in [-0.3, -0.25) is 0 Å². The monoisotopic (exact) mass is 481 g/mol. The van der Waals surface area contributed by atoms with Crippen molar-refractivity contribution in [1.29, 1.82) is 0 Å². The van der Waals surface area contributed by atoms with Crippen LogP contribution in [0.5, 0.6) is 5.75 Å². The van der Waals surface area contributed by atoms with Gasteiger partial charge < -0.3 is 33.7 Å². The third-order valence-electron chi connectivity index (χ3n) is 5.15. The van der Waals surface area contributed by atoms with Crippen LogP contribution in [0.1, 0.15) is 27.7 Å². The van der Waals surface area contributed by atoms with Crippen molar-refractivity contribution in [1.82, 2.24) is 4.90 Å². The van der Waals surface area contributed by atoms with Crippen molar-refractivity contribution in [2.24, 2.45) is 0 Å². The fourth-order valence-corrected chi connectivity index (χ4v) is 4.97. The van der Waals surface area contributed by atoms with E-state index in [-0.39, 0.29) is 25.3 Å². The van der Waals surface area contributed by atoms with Gasteiger partial charge in [-0.05, 0) is 52.0 Å². The van der Waals surface area contributed by atoms with Crippen molar-refractivity contribution in [3.63, 3.8) is 0 Å². The molecule has 1 N–H and O–H groups in total. The van der Waals surface area contributed by atoms with Gasteiger partial charge in [0.2, 0.25) is 0 Å². The number of carbonyl (C=O) groups excluding carboxylic acids is 2. The number of fused-ring (bicyclic) bond motifs is 1. The highest BCUT2D eigenvalue weighted by Gasteiger charge is 2.53. The summed E-state index contributed by atoms with van der Waals surface area (Å²) < 4.78 is 27.5. The maximum Gasteiger partial charge on any atom is 0.347 e. The van der Waals surface area contributed by atoms with Crippen molar-refractivity contribution in [2.75, 3.05) is 26.9 Å². The normalized spacial score (nSPS) is 25.7. The second-order valence-corrected chi connectivity index (χ2v) is 9.19. The van der Waals surface area contributed by atoms with Gasteiger partial charge in [0.25, 0.3) is 0 Å². The molecule has 4 atom stereocenters. The van der Waals surface area contributed by atoms with Crippen LogP contribution in [-0.2, 0) is 28.5 Å². The predicted octanol–water partition coefficient (Wildman–Crippen LogP) is 2.32. The second kappa shape index (κ2) is 10.8. The molecule has 0 aliphatic carbocycles. The SMILES string of the molecule is CCOC(=O)C(=CN1C[C@@H](O)[C@H]2OC(C)(C)O[C@H]2[C@@H]1Sc1ccc(OC)cc1)C(=O)OCC. The van der Waals surface area contributed by atoms with Crippen LogP contribution in [-0.4, -0.2) is 78.3 Å². The zero-order valence-corrected chi connectivity index (χ0v) is 20.3. The standard InChI is InChI=1S/C23H31NO8S/c1-6-29-21(26)16(22(27)30-7-2)12-24-13-17(25)18-19(32-23(3,4)31-18)20(24)33-15-10-8-14(28-5)9-11-15/h8-12,17-20,25H,6-7,13H2,1-5H3/t17-,18-,19-,20+/m1/s1. The average molecular weight is 482 g/mol. The maximum atomic E-state index is 12.5. The van der Waals surface area contributed by atoms with Gasteiger partial charge in [0.05, 0.1) is 20.3 Å². The van der Waals surface area contributed by atoms with E-state index in [9.17, 15) is 14.7 Å². The van der Waals surface area contributed by atoms with Crippen molar-refractivity contribution >= 4 is 23.7 Å². The molecule has 1 aromatic carbocycles. The number of piperidine rings is 1. The van der Waals surface area contributed by atoms with Gasteiger partial charge in [0.1, 0.15) is 29.4 Å². The summed E-state index contributed by atoms with van der Waals surface area (Å²) in [6.07, 6.45) is -0.594. The summed E-state index contributed by atoms with van der Waals surface area (Å²) in [6.45, 7) is 7.23. The molecule has 2 aliphatic rings. The van der Waals surface area contributed by atoms with Crippen LogP contribution in [0.25, 0.3) is 0 Å². The highest BCUT2D eigenvalue weighted by atomic mass is 32.2. The first-order chi connectivity index (χ1) is 15.7. The van der Waals surface area contributed by atoms with Gasteiger partial charge in [-0.25, -0.2) is 9.59 Å². The first-order valence-corrected chi connectivity index (χ1v) is 11.7. The maximum absolute atomic E-state index is 12.5.